The predicted molar refractivity (Wildman–Crippen MR) is 90.5 cm³/mol. The largest absolute Gasteiger partial charge is 0.466 e. The van der Waals surface area contributed by atoms with Crippen LogP contribution in [0.15, 0.2) is 29.2 Å². The Kier molecular flexibility index (Phi) is 9.21. The predicted octanol–water partition coefficient (Wildman–Crippen LogP) is 1.72. The van der Waals surface area contributed by atoms with Crippen LogP contribution in [0.3, 0.4) is 0 Å². The molecule has 3 amide bonds. The average molecular weight is 352 g/mol. The molecule has 0 spiro atoms. The Morgan fingerprint density at radius 1 is 1.12 bits per heavy atom. The number of ether oxygens (including phenoxy) is 1. The van der Waals surface area contributed by atoms with Crippen molar-refractivity contribution < 1.29 is 23.9 Å². The number of rotatable bonds is 10. The molecule has 2 N–H and O–H groups in total. The smallest absolute Gasteiger partial charge is 0.305 e. The first kappa shape index (κ1) is 19.7. The van der Waals surface area contributed by atoms with E-state index in [1.165, 1.54) is 11.8 Å². The summed E-state index contributed by atoms with van der Waals surface area (Å²) in [6.07, 6.45) is 1.24. The van der Waals surface area contributed by atoms with Crippen molar-refractivity contribution in [3.63, 3.8) is 0 Å². The van der Waals surface area contributed by atoms with Gasteiger partial charge in [0.05, 0.1) is 12.4 Å². The molecule has 0 saturated heterocycles. The molecule has 130 valence electrons. The maximum atomic E-state index is 11.8. The van der Waals surface area contributed by atoms with Crippen LogP contribution in [-0.2, 0) is 23.9 Å². The summed E-state index contributed by atoms with van der Waals surface area (Å²) < 4.78 is 4.79. The molecule has 0 aliphatic rings. The highest BCUT2D eigenvalue weighted by atomic mass is 32.2. The van der Waals surface area contributed by atoms with Crippen LogP contribution in [0, 0.1) is 0 Å². The van der Waals surface area contributed by atoms with Crippen LogP contribution < -0.4 is 10.6 Å². The molecule has 0 aromatic heterocycles. The second-order valence-electron chi connectivity index (χ2n) is 4.71. The number of carbonyl (C=O) groups excluding carboxylic acids is 4. The van der Waals surface area contributed by atoms with E-state index in [4.69, 9.17) is 4.74 Å². The molecule has 0 unspecified atom stereocenters. The van der Waals surface area contributed by atoms with Crippen LogP contribution in [0.25, 0.3) is 0 Å². The highest BCUT2D eigenvalue weighted by Gasteiger charge is 2.07. The number of esters is 1. The lowest BCUT2D eigenvalue weighted by Gasteiger charge is -2.06. The molecular formula is C16H20N2O5S. The SMILES string of the molecule is CCOC(=O)CCCC(=O)Nc1ccc(SCC(=O)NC=O)cc1. The van der Waals surface area contributed by atoms with E-state index >= 15 is 0 Å². The summed E-state index contributed by atoms with van der Waals surface area (Å²) in [6.45, 7) is 2.08. The number of anilines is 1. The van der Waals surface area contributed by atoms with E-state index < -0.39 is 0 Å². The lowest BCUT2D eigenvalue weighted by Crippen LogP contribution is -2.22. The molecule has 0 aliphatic heterocycles. The Bertz CT molecular complexity index is 574. The number of benzene rings is 1. The van der Waals surface area contributed by atoms with E-state index in [0.717, 1.165) is 4.90 Å². The Morgan fingerprint density at radius 3 is 2.46 bits per heavy atom. The summed E-state index contributed by atoms with van der Waals surface area (Å²) in [5.74, 6) is -0.706. The fraction of sp³-hybridized carbons (Fsp3) is 0.375. The normalized spacial score (nSPS) is 9.88. The van der Waals surface area contributed by atoms with Crippen molar-refractivity contribution in [2.75, 3.05) is 17.7 Å². The van der Waals surface area contributed by atoms with Gasteiger partial charge in [-0.3, -0.25) is 24.5 Å². The molecule has 7 nitrogen and oxygen atoms in total. The highest BCUT2D eigenvalue weighted by Crippen LogP contribution is 2.20. The first-order valence-corrected chi connectivity index (χ1v) is 8.45. The summed E-state index contributed by atoms with van der Waals surface area (Å²) in [5.41, 5.74) is 0.637. The molecule has 24 heavy (non-hydrogen) atoms. The zero-order chi connectivity index (χ0) is 17.8. The lowest BCUT2D eigenvalue weighted by molar-refractivity contribution is -0.143. The van der Waals surface area contributed by atoms with E-state index in [0.29, 0.717) is 25.1 Å². The summed E-state index contributed by atoms with van der Waals surface area (Å²) in [4.78, 5) is 45.1. The Hall–Kier alpha value is -2.35. The third-order valence-electron chi connectivity index (χ3n) is 2.82. The topological polar surface area (TPSA) is 102 Å². The third kappa shape index (κ3) is 8.33. The zero-order valence-electron chi connectivity index (χ0n) is 13.4. The Labute approximate surface area is 144 Å². The standard InChI is InChI=1S/C16H20N2O5S/c1-2-23-16(22)5-3-4-14(20)18-12-6-8-13(9-7-12)24-10-15(21)17-11-19/h6-9,11H,2-5,10H2,1H3,(H,18,20)(H,17,19,21). The minimum atomic E-state index is -0.367. The van der Waals surface area contributed by atoms with E-state index in [1.54, 1.807) is 31.2 Å². The van der Waals surface area contributed by atoms with Gasteiger partial charge in [-0.05, 0) is 37.6 Å². The van der Waals surface area contributed by atoms with E-state index in [2.05, 4.69) is 10.6 Å². The molecule has 0 bridgehead atoms. The van der Waals surface area contributed by atoms with Crippen LogP contribution in [0.2, 0.25) is 0 Å². The molecule has 1 rings (SSSR count). The van der Waals surface area contributed by atoms with Crippen molar-refractivity contribution in [3.05, 3.63) is 24.3 Å². The number of thioether (sulfide) groups is 1. The molecule has 0 atom stereocenters. The van der Waals surface area contributed by atoms with Crippen molar-refractivity contribution in [1.82, 2.24) is 5.32 Å². The van der Waals surface area contributed by atoms with Crippen LogP contribution in [0.4, 0.5) is 5.69 Å². The lowest BCUT2D eigenvalue weighted by atomic mass is 10.2. The van der Waals surface area contributed by atoms with Crippen molar-refractivity contribution in [3.8, 4) is 0 Å². The van der Waals surface area contributed by atoms with Gasteiger partial charge >= 0.3 is 5.97 Å². The van der Waals surface area contributed by atoms with Crippen LogP contribution in [0.5, 0.6) is 0 Å². The second kappa shape index (κ2) is 11.2. The number of amides is 3. The fourth-order valence-electron chi connectivity index (χ4n) is 1.74. The third-order valence-corrected chi connectivity index (χ3v) is 3.83. The van der Waals surface area contributed by atoms with Gasteiger partial charge in [0.1, 0.15) is 0 Å². The molecule has 0 aliphatic carbocycles. The summed E-state index contributed by atoms with van der Waals surface area (Å²) in [7, 11) is 0. The minimum absolute atomic E-state index is 0.137. The number of carbonyl (C=O) groups is 4. The molecule has 1 aromatic carbocycles. The van der Waals surface area contributed by atoms with Gasteiger partial charge in [-0.25, -0.2) is 0 Å². The van der Waals surface area contributed by atoms with Crippen molar-refractivity contribution in [1.29, 1.82) is 0 Å². The van der Waals surface area contributed by atoms with Gasteiger partial charge in [0.25, 0.3) is 0 Å². The summed E-state index contributed by atoms with van der Waals surface area (Å²) >= 11 is 1.28. The Morgan fingerprint density at radius 2 is 1.83 bits per heavy atom. The quantitative estimate of drug-likeness (QED) is 0.378. The van der Waals surface area contributed by atoms with Gasteiger partial charge in [0, 0.05) is 23.4 Å². The maximum Gasteiger partial charge on any atom is 0.305 e. The number of nitrogens with one attached hydrogen (secondary N) is 2. The fourth-order valence-corrected chi connectivity index (χ4v) is 2.45. The molecule has 8 heteroatoms. The van der Waals surface area contributed by atoms with Crippen molar-refractivity contribution in [2.24, 2.45) is 0 Å². The van der Waals surface area contributed by atoms with Gasteiger partial charge in [-0.1, -0.05) is 0 Å². The van der Waals surface area contributed by atoms with Crippen LogP contribution in [0.1, 0.15) is 26.2 Å². The minimum Gasteiger partial charge on any atom is -0.466 e. The zero-order valence-corrected chi connectivity index (χ0v) is 14.2. The van der Waals surface area contributed by atoms with Gasteiger partial charge in [0.2, 0.25) is 18.2 Å². The van der Waals surface area contributed by atoms with Crippen molar-refractivity contribution >= 4 is 41.6 Å². The van der Waals surface area contributed by atoms with Crippen molar-refractivity contribution in [2.45, 2.75) is 31.1 Å². The average Bonchev–Trinajstić information content (AvgIpc) is 2.55. The molecule has 0 heterocycles. The van der Waals surface area contributed by atoms with E-state index in [9.17, 15) is 19.2 Å². The van der Waals surface area contributed by atoms with Gasteiger partial charge in [0.15, 0.2) is 0 Å². The molecule has 1 aromatic rings. The summed E-state index contributed by atoms with van der Waals surface area (Å²) in [5, 5.41) is 4.79. The molecule has 0 saturated carbocycles. The maximum absolute atomic E-state index is 11.8. The van der Waals surface area contributed by atoms with Crippen LogP contribution in [-0.4, -0.2) is 36.6 Å². The first-order chi connectivity index (χ1) is 11.5. The number of hydrogen-bond acceptors (Lipinski definition) is 6. The van der Waals surface area contributed by atoms with Gasteiger partial charge < -0.3 is 10.1 Å². The van der Waals surface area contributed by atoms with Gasteiger partial charge in [-0.15, -0.1) is 11.8 Å². The molecular weight excluding hydrogens is 332 g/mol. The number of imide groups is 1. The van der Waals surface area contributed by atoms with Crippen LogP contribution >= 0.6 is 11.8 Å². The molecule has 0 radical (unpaired) electrons. The Balaban J connectivity index is 2.32. The first-order valence-electron chi connectivity index (χ1n) is 7.46. The monoisotopic (exact) mass is 352 g/mol. The van der Waals surface area contributed by atoms with Gasteiger partial charge in [-0.2, -0.15) is 0 Å². The van der Waals surface area contributed by atoms with E-state index in [-0.39, 0.29) is 36.4 Å². The molecule has 0 fully saturated rings. The summed E-state index contributed by atoms with van der Waals surface area (Å²) in [6, 6.07) is 6.99. The number of hydrogen-bond donors (Lipinski definition) is 2. The van der Waals surface area contributed by atoms with E-state index in [1.807, 2.05) is 0 Å². The highest BCUT2D eigenvalue weighted by molar-refractivity contribution is 8.00. The second-order valence-corrected chi connectivity index (χ2v) is 5.75.